The molecule has 0 bridgehead atoms. The Morgan fingerprint density at radius 3 is 2.26 bits per heavy atom. The normalized spacial score (nSPS) is 14.9. The van der Waals surface area contributed by atoms with Crippen LogP contribution in [0.3, 0.4) is 0 Å². The summed E-state index contributed by atoms with van der Waals surface area (Å²) in [5.74, 6) is 1.14. The highest BCUT2D eigenvalue weighted by Gasteiger charge is 2.32. The molecular formula is C23H26N4O7S. The molecule has 1 fully saturated rings. The van der Waals surface area contributed by atoms with Crippen molar-refractivity contribution in [3.8, 4) is 28.7 Å². The summed E-state index contributed by atoms with van der Waals surface area (Å²) >= 11 is 0. The molecule has 0 unspecified atom stereocenters. The van der Waals surface area contributed by atoms with Gasteiger partial charge in [0.1, 0.15) is 17.2 Å². The van der Waals surface area contributed by atoms with Crippen molar-refractivity contribution < 1.29 is 31.8 Å². The van der Waals surface area contributed by atoms with Crippen LogP contribution in [0.1, 0.15) is 12.8 Å². The lowest BCUT2D eigenvalue weighted by Crippen LogP contribution is -2.41. The third kappa shape index (κ3) is 5.23. The SMILES string of the molecule is COc1ccc(S(=O)(=O)N2CCC(C(=O)Nc3nnc(-c4cc(OC)ccc4OC)o3)CC2)cc1. The van der Waals surface area contributed by atoms with Gasteiger partial charge in [-0.2, -0.15) is 4.31 Å². The standard InChI is InChI=1S/C23H26N4O7S/c1-31-16-4-7-18(8-5-16)35(29,30)27-12-10-15(11-13-27)21(28)24-23-26-25-22(34-23)19-14-17(32-2)6-9-20(19)33-3/h4-9,14-15H,10-13H2,1-3H3,(H,24,26,28). The number of rotatable bonds is 8. The Hall–Kier alpha value is -3.64. The Morgan fingerprint density at radius 1 is 0.971 bits per heavy atom. The topological polar surface area (TPSA) is 133 Å². The largest absolute Gasteiger partial charge is 0.497 e. The number of benzene rings is 2. The predicted molar refractivity (Wildman–Crippen MR) is 126 cm³/mol. The number of amides is 1. The van der Waals surface area contributed by atoms with Gasteiger partial charge in [0.2, 0.25) is 15.9 Å². The minimum Gasteiger partial charge on any atom is -0.497 e. The zero-order chi connectivity index (χ0) is 25.0. The summed E-state index contributed by atoms with van der Waals surface area (Å²) in [6.45, 7) is 0.449. The molecule has 1 amide bonds. The molecule has 0 aliphatic carbocycles. The van der Waals surface area contributed by atoms with Crippen LogP contribution in [0.5, 0.6) is 17.2 Å². The van der Waals surface area contributed by atoms with Crippen molar-refractivity contribution in [3.05, 3.63) is 42.5 Å². The lowest BCUT2D eigenvalue weighted by Gasteiger charge is -2.30. The Kier molecular flexibility index (Phi) is 7.22. The van der Waals surface area contributed by atoms with E-state index < -0.39 is 10.0 Å². The number of nitrogens with one attached hydrogen (secondary N) is 1. The van der Waals surface area contributed by atoms with Gasteiger partial charge in [-0.25, -0.2) is 8.42 Å². The molecule has 0 atom stereocenters. The number of methoxy groups -OCH3 is 3. The second-order valence-electron chi connectivity index (χ2n) is 7.82. The van der Waals surface area contributed by atoms with E-state index in [2.05, 4.69) is 15.5 Å². The molecule has 0 saturated carbocycles. The van der Waals surface area contributed by atoms with Gasteiger partial charge in [0.25, 0.3) is 5.89 Å². The molecule has 2 aromatic carbocycles. The fourth-order valence-electron chi connectivity index (χ4n) is 3.83. The predicted octanol–water partition coefficient (Wildman–Crippen LogP) is 2.80. The number of sulfonamides is 1. The van der Waals surface area contributed by atoms with Crippen molar-refractivity contribution in [1.82, 2.24) is 14.5 Å². The van der Waals surface area contributed by atoms with E-state index >= 15 is 0 Å². The van der Waals surface area contributed by atoms with Crippen molar-refractivity contribution in [1.29, 1.82) is 0 Å². The average molecular weight is 503 g/mol. The summed E-state index contributed by atoms with van der Waals surface area (Å²) in [6, 6.07) is 11.3. The first-order chi connectivity index (χ1) is 16.8. The summed E-state index contributed by atoms with van der Waals surface area (Å²) in [6.07, 6.45) is 0.734. The molecule has 11 nitrogen and oxygen atoms in total. The molecule has 35 heavy (non-hydrogen) atoms. The van der Waals surface area contributed by atoms with Gasteiger partial charge >= 0.3 is 6.01 Å². The van der Waals surface area contributed by atoms with Crippen LogP contribution in [0, 0.1) is 5.92 Å². The highest BCUT2D eigenvalue weighted by molar-refractivity contribution is 7.89. The number of ether oxygens (including phenoxy) is 3. The number of hydrogen-bond donors (Lipinski definition) is 1. The molecule has 4 rings (SSSR count). The summed E-state index contributed by atoms with van der Waals surface area (Å²) in [7, 11) is 0.926. The summed E-state index contributed by atoms with van der Waals surface area (Å²) in [5, 5.41) is 10.5. The van der Waals surface area contributed by atoms with E-state index in [4.69, 9.17) is 18.6 Å². The Labute approximate surface area is 203 Å². The average Bonchev–Trinajstić information content (AvgIpc) is 3.36. The fraction of sp³-hybridized carbons (Fsp3) is 0.348. The van der Waals surface area contributed by atoms with E-state index in [0.29, 0.717) is 35.7 Å². The Bertz CT molecular complexity index is 1280. The minimum atomic E-state index is -3.65. The van der Waals surface area contributed by atoms with Crippen LogP contribution in [0.4, 0.5) is 6.01 Å². The fourth-order valence-corrected chi connectivity index (χ4v) is 5.30. The van der Waals surface area contributed by atoms with Crippen LogP contribution in [0.15, 0.2) is 51.8 Å². The van der Waals surface area contributed by atoms with Crippen molar-refractivity contribution in [2.24, 2.45) is 5.92 Å². The van der Waals surface area contributed by atoms with Gasteiger partial charge < -0.3 is 18.6 Å². The lowest BCUT2D eigenvalue weighted by atomic mass is 9.97. The van der Waals surface area contributed by atoms with Gasteiger partial charge in [-0.15, -0.1) is 5.10 Å². The number of piperidine rings is 1. The van der Waals surface area contributed by atoms with E-state index in [9.17, 15) is 13.2 Å². The van der Waals surface area contributed by atoms with E-state index in [0.717, 1.165) is 0 Å². The van der Waals surface area contributed by atoms with Gasteiger partial charge in [0.15, 0.2) is 0 Å². The van der Waals surface area contributed by atoms with E-state index in [1.807, 2.05) is 0 Å². The van der Waals surface area contributed by atoms with Crippen LogP contribution >= 0.6 is 0 Å². The highest BCUT2D eigenvalue weighted by atomic mass is 32.2. The molecule has 1 aliphatic rings. The highest BCUT2D eigenvalue weighted by Crippen LogP contribution is 2.33. The van der Waals surface area contributed by atoms with E-state index in [-0.39, 0.29) is 41.7 Å². The number of nitrogens with zero attached hydrogens (tertiary/aromatic N) is 3. The second-order valence-corrected chi connectivity index (χ2v) is 9.76. The first-order valence-corrected chi connectivity index (χ1v) is 12.3. The van der Waals surface area contributed by atoms with Crippen molar-refractivity contribution in [2.75, 3.05) is 39.7 Å². The molecule has 1 aromatic heterocycles. The summed E-state index contributed by atoms with van der Waals surface area (Å²) in [4.78, 5) is 13.0. The molecule has 0 radical (unpaired) electrons. The first kappa shape index (κ1) is 24.5. The summed E-state index contributed by atoms with van der Waals surface area (Å²) in [5.41, 5.74) is 0.525. The lowest BCUT2D eigenvalue weighted by molar-refractivity contribution is -0.121. The number of anilines is 1. The van der Waals surface area contributed by atoms with Gasteiger partial charge in [-0.3, -0.25) is 10.1 Å². The van der Waals surface area contributed by atoms with Crippen LogP contribution in [0.25, 0.3) is 11.5 Å². The van der Waals surface area contributed by atoms with Crippen LogP contribution in [-0.2, 0) is 14.8 Å². The monoisotopic (exact) mass is 502 g/mol. The van der Waals surface area contributed by atoms with Crippen LogP contribution in [-0.4, -0.2) is 63.2 Å². The smallest absolute Gasteiger partial charge is 0.322 e. The maximum Gasteiger partial charge on any atom is 0.322 e. The molecule has 1 aliphatic heterocycles. The third-order valence-electron chi connectivity index (χ3n) is 5.81. The van der Waals surface area contributed by atoms with Crippen molar-refractivity contribution in [2.45, 2.75) is 17.7 Å². The van der Waals surface area contributed by atoms with Gasteiger partial charge in [-0.05, 0) is 55.3 Å². The third-order valence-corrected chi connectivity index (χ3v) is 7.73. The quantitative estimate of drug-likeness (QED) is 0.493. The molecule has 186 valence electrons. The van der Waals surface area contributed by atoms with Gasteiger partial charge in [-0.1, -0.05) is 5.10 Å². The molecule has 12 heteroatoms. The van der Waals surface area contributed by atoms with E-state index in [1.54, 1.807) is 37.4 Å². The van der Waals surface area contributed by atoms with Crippen LogP contribution in [0.2, 0.25) is 0 Å². The van der Waals surface area contributed by atoms with Crippen molar-refractivity contribution in [3.63, 3.8) is 0 Å². The molecule has 1 saturated heterocycles. The van der Waals surface area contributed by atoms with E-state index in [1.165, 1.54) is 30.7 Å². The number of hydrogen-bond acceptors (Lipinski definition) is 9. The number of carbonyl (C=O) groups is 1. The maximum atomic E-state index is 12.9. The first-order valence-electron chi connectivity index (χ1n) is 10.9. The maximum absolute atomic E-state index is 12.9. The molecular weight excluding hydrogens is 476 g/mol. The zero-order valence-corrected chi connectivity index (χ0v) is 20.4. The zero-order valence-electron chi connectivity index (χ0n) is 19.6. The molecule has 2 heterocycles. The minimum absolute atomic E-state index is 0.0526. The van der Waals surface area contributed by atoms with Crippen LogP contribution < -0.4 is 19.5 Å². The molecule has 0 spiro atoms. The second kappa shape index (κ2) is 10.3. The number of carbonyl (C=O) groups excluding carboxylic acids is 1. The summed E-state index contributed by atoms with van der Waals surface area (Å²) < 4.78 is 48.5. The Morgan fingerprint density at radius 2 is 1.63 bits per heavy atom. The Balaban J connectivity index is 1.38. The molecule has 3 aromatic rings. The van der Waals surface area contributed by atoms with Gasteiger partial charge in [0.05, 0.1) is 31.8 Å². The van der Waals surface area contributed by atoms with Gasteiger partial charge in [0, 0.05) is 19.0 Å². The van der Waals surface area contributed by atoms with Crippen molar-refractivity contribution >= 4 is 21.9 Å². The number of aromatic nitrogens is 2. The molecule has 1 N–H and O–H groups in total.